The molecule has 1 aromatic carbocycles. The Labute approximate surface area is 107 Å². The maximum absolute atomic E-state index is 5.44. The molecule has 2 aromatic rings. The van der Waals surface area contributed by atoms with Crippen LogP contribution in [-0.4, -0.2) is 23.1 Å². The maximum Gasteiger partial charge on any atom is 0.222 e. The van der Waals surface area contributed by atoms with Crippen molar-refractivity contribution in [3.63, 3.8) is 0 Å². The van der Waals surface area contributed by atoms with Gasteiger partial charge in [0.2, 0.25) is 5.95 Å². The third-order valence-corrected chi connectivity index (χ3v) is 2.61. The lowest BCUT2D eigenvalue weighted by molar-refractivity contribution is 0.964. The largest absolute Gasteiger partial charge is 0.353 e. The van der Waals surface area contributed by atoms with Gasteiger partial charge in [-0.15, -0.1) is 0 Å². The molecule has 0 radical (unpaired) electrons. The van der Waals surface area contributed by atoms with E-state index in [1.54, 1.807) is 6.20 Å². The minimum absolute atomic E-state index is 0.575. The van der Waals surface area contributed by atoms with E-state index >= 15 is 0 Å². The van der Waals surface area contributed by atoms with Crippen molar-refractivity contribution in [2.75, 3.05) is 18.4 Å². The molecule has 18 heavy (non-hydrogen) atoms. The molecule has 2 rings (SSSR count). The molecule has 3 N–H and O–H groups in total. The van der Waals surface area contributed by atoms with Gasteiger partial charge in [0.05, 0.1) is 5.69 Å². The first-order valence-corrected chi connectivity index (χ1v) is 6.09. The highest BCUT2D eigenvalue weighted by atomic mass is 15.1. The normalized spacial score (nSPS) is 10.3. The van der Waals surface area contributed by atoms with Crippen LogP contribution in [0.15, 0.2) is 36.5 Å². The van der Waals surface area contributed by atoms with Gasteiger partial charge in [0.25, 0.3) is 0 Å². The summed E-state index contributed by atoms with van der Waals surface area (Å²) in [7, 11) is 0. The molecular weight excluding hydrogens is 224 g/mol. The van der Waals surface area contributed by atoms with Crippen LogP contribution in [-0.2, 0) is 6.42 Å². The number of hydrogen-bond donors (Lipinski definition) is 2. The number of rotatable bonds is 5. The molecule has 1 heterocycles. The molecule has 0 saturated carbocycles. The summed E-state index contributed by atoms with van der Waals surface area (Å²) in [5.74, 6) is 0.644. The van der Waals surface area contributed by atoms with Gasteiger partial charge in [-0.3, -0.25) is 0 Å². The Morgan fingerprint density at radius 3 is 2.94 bits per heavy atom. The Hall–Kier alpha value is -1.94. The van der Waals surface area contributed by atoms with Crippen LogP contribution in [0, 0.1) is 6.92 Å². The molecule has 4 heteroatoms. The van der Waals surface area contributed by atoms with Crippen LogP contribution in [0.1, 0.15) is 16.8 Å². The minimum atomic E-state index is 0.575. The molecule has 0 fully saturated rings. The van der Waals surface area contributed by atoms with Crippen LogP contribution in [0.2, 0.25) is 0 Å². The zero-order valence-electron chi connectivity index (χ0n) is 10.6. The first-order valence-electron chi connectivity index (χ1n) is 6.09. The second kappa shape index (κ2) is 6.12. The highest BCUT2D eigenvalue weighted by Crippen LogP contribution is 2.10. The Kier molecular flexibility index (Phi) is 4.25. The van der Waals surface area contributed by atoms with Crippen molar-refractivity contribution in [1.29, 1.82) is 0 Å². The van der Waals surface area contributed by atoms with Crippen LogP contribution in [0.5, 0.6) is 0 Å². The molecule has 0 saturated heterocycles. The molecule has 0 aliphatic rings. The second-order valence-electron chi connectivity index (χ2n) is 4.25. The molecule has 0 aliphatic carbocycles. The molecule has 1 aromatic heterocycles. The summed E-state index contributed by atoms with van der Waals surface area (Å²) in [5, 5.41) is 3.08. The van der Waals surface area contributed by atoms with Crippen molar-refractivity contribution >= 4 is 5.95 Å². The molecule has 0 spiro atoms. The smallest absolute Gasteiger partial charge is 0.222 e. The van der Waals surface area contributed by atoms with Gasteiger partial charge in [0.1, 0.15) is 0 Å². The zero-order chi connectivity index (χ0) is 12.8. The standard InChI is InChI=1S/C14H18N4/c1-11-3-2-4-12(9-11)10-13-5-7-16-14(18-13)17-8-6-15/h2-5,7,9H,6,8,10,15H2,1H3,(H,16,17,18). The fourth-order valence-corrected chi connectivity index (χ4v) is 1.79. The van der Waals surface area contributed by atoms with Crippen molar-refractivity contribution in [2.45, 2.75) is 13.3 Å². The highest BCUT2D eigenvalue weighted by Gasteiger charge is 2.00. The van der Waals surface area contributed by atoms with Crippen molar-refractivity contribution in [1.82, 2.24) is 9.97 Å². The fourth-order valence-electron chi connectivity index (χ4n) is 1.79. The van der Waals surface area contributed by atoms with E-state index in [9.17, 15) is 0 Å². The lowest BCUT2D eigenvalue weighted by atomic mass is 10.1. The first kappa shape index (κ1) is 12.5. The van der Waals surface area contributed by atoms with Crippen LogP contribution in [0.4, 0.5) is 5.95 Å². The van der Waals surface area contributed by atoms with E-state index in [2.05, 4.69) is 46.5 Å². The Morgan fingerprint density at radius 1 is 1.28 bits per heavy atom. The molecular formula is C14H18N4. The topological polar surface area (TPSA) is 63.8 Å². The van der Waals surface area contributed by atoms with Gasteiger partial charge < -0.3 is 11.1 Å². The van der Waals surface area contributed by atoms with Gasteiger partial charge in [-0.2, -0.15) is 0 Å². The fraction of sp³-hybridized carbons (Fsp3) is 0.286. The molecule has 0 amide bonds. The molecule has 94 valence electrons. The van der Waals surface area contributed by atoms with E-state index in [4.69, 9.17) is 5.73 Å². The number of nitrogens with zero attached hydrogens (tertiary/aromatic N) is 2. The van der Waals surface area contributed by atoms with E-state index in [1.165, 1.54) is 11.1 Å². The van der Waals surface area contributed by atoms with Crippen LogP contribution < -0.4 is 11.1 Å². The SMILES string of the molecule is Cc1cccc(Cc2ccnc(NCCN)n2)c1. The van der Waals surface area contributed by atoms with Gasteiger partial charge >= 0.3 is 0 Å². The van der Waals surface area contributed by atoms with Gasteiger partial charge in [-0.05, 0) is 18.6 Å². The Bertz CT molecular complexity index is 511. The predicted molar refractivity (Wildman–Crippen MR) is 73.6 cm³/mol. The van der Waals surface area contributed by atoms with Crippen LogP contribution in [0.25, 0.3) is 0 Å². The van der Waals surface area contributed by atoms with E-state index in [1.807, 2.05) is 6.07 Å². The van der Waals surface area contributed by atoms with Gasteiger partial charge in [0.15, 0.2) is 0 Å². The molecule has 0 unspecified atom stereocenters. The van der Waals surface area contributed by atoms with Gasteiger partial charge in [-0.25, -0.2) is 9.97 Å². The summed E-state index contributed by atoms with van der Waals surface area (Å²) in [6, 6.07) is 10.4. The van der Waals surface area contributed by atoms with Crippen molar-refractivity contribution < 1.29 is 0 Å². The van der Waals surface area contributed by atoms with E-state index in [0.717, 1.165) is 12.1 Å². The summed E-state index contributed by atoms with van der Waals surface area (Å²) in [6.45, 7) is 3.36. The summed E-state index contributed by atoms with van der Waals surface area (Å²) < 4.78 is 0. The number of nitrogens with one attached hydrogen (secondary N) is 1. The molecule has 0 atom stereocenters. The summed E-state index contributed by atoms with van der Waals surface area (Å²) in [4.78, 5) is 8.62. The Balaban J connectivity index is 2.09. The lowest BCUT2D eigenvalue weighted by Gasteiger charge is -2.06. The summed E-state index contributed by atoms with van der Waals surface area (Å²) in [6.07, 6.45) is 2.60. The number of aryl methyl sites for hydroxylation is 1. The average molecular weight is 242 g/mol. The average Bonchev–Trinajstić information content (AvgIpc) is 2.37. The highest BCUT2D eigenvalue weighted by molar-refractivity contribution is 5.29. The minimum Gasteiger partial charge on any atom is -0.353 e. The van der Waals surface area contributed by atoms with Crippen LogP contribution >= 0.6 is 0 Å². The summed E-state index contributed by atoms with van der Waals surface area (Å²) >= 11 is 0. The second-order valence-corrected chi connectivity index (χ2v) is 4.25. The molecule has 0 bridgehead atoms. The number of anilines is 1. The van der Waals surface area contributed by atoms with Gasteiger partial charge in [0, 0.05) is 25.7 Å². The zero-order valence-corrected chi connectivity index (χ0v) is 10.6. The van der Waals surface area contributed by atoms with E-state index in [-0.39, 0.29) is 0 Å². The number of benzene rings is 1. The first-order chi connectivity index (χ1) is 8.78. The summed E-state index contributed by atoms with van der Waals surface area (Å²) in [5.41, 5.74) is 8.98. The number of nitrogens with two attached hydrogens (primary N) is 1. The molecule has 4 nitrogen and oxygen atoms in total. The quantitative estimate of drug-likeness (QED) is 0.838. The van der Waals surface area contributed by atoms with Gasteiger partial charge in [-0.1, -0.05) is 29.8 Å². The maximum atomic E-state index is 5.44. The van der Waals surface area contributed by atoms with Crippen LogP contribution in [0.3, 0.4) is 0 Å². The third-order valence-electron chi connectivity index (χ3n) is 2.61. The monoisotopic (exact) mass is 242 g/mol. The van der Waals surface area contributed by atoms with Crippen molar-refractivity contribution in [3.8, 4) is 0 Å². The van der Waals surface area contributed by atoms with Crippen molar-refractivity contribution in [2.24, 2.45) is 5.73 Å². The number of hydrogen-bond acceptors (Lipinski definition) is 4. The van der Waals surface area contributed by atoms with E-state index < -0.39 is 0 Å². The third kappa shape index (κ3) is 3.53. The lowest BCUT2D eigenvalue weighted by Crippen LogP contribution is -2.15. The Morgan fingerprint density at radius 2 is 2.17 bits per heavy atom. The van der Waals surface area contributed by atoms with E-state index in [0.29, 0.717) is 19.0 Å². The number of aromatic nitrogens is 2. The van der Waals surface area contributed by atoms with Crippen molar-refractivity contribution in [3.05, 3.63) is 53.3 Å². The molecule has 0 aliphatic heterocycles. The predicted octanol–water partition coefficient (Wildman–Crippen LogP) is 1.75.